The molecule has 0 aromatic heterocycles. The minimum Gasteiger partial charge on any atom is -0.479 e. The molecule has 2 atom stereocenters. The van der Waals surface area contributed by atoms with Gasteiger partial charge in [-0.25, -0.2) is 9.59 Å². The second kappa shape index (κ2) is 6.45. The molecule has 0 spiro atoms. The van der Waals surface area contributed by atoms with Gasteiger partial charge in [0.1, 0.15) is 6.61 Å². The second-order valence-electron chi connectivity index (χ2n) is 8.58. The van der Waals surface area contributed by atoms with Crippen LogP contribution in [0.15, 0.2) is 72.8 Å². The largest absolute Gasteiger partial charge is 0.479 e. The first-order chi connectivity index (χ1) is 15.1. The van der Waals surface area contributed by atoms with Gasteiger partial charge in [0.2, 0.25) is 0 Å². The Labute approximate surface area is 179 Å². The van der Waals surface area contributed by atoms with Crippen molar-refractivity contribution in [1.82, 2.24) is 4.90 Å². The summed E-state index contributed by atoms with van der Waals surface area (Å²) in [5.41, 5.74) is 5.45. The molecule has 0 bridgehead atoms. The molecular formula is C26H21NO4. The van der Waals surface area contributed by atoms with E-state index >= 15 is 0 Å². The van der Waals surface area contributed by atoms with E-state index < -0.39 is 17.6 Å². The molecule has 1 aliphatic heterocycles. The third-order valence-electron chi connectivity index (χ3n) is 7.10. The summed E-state index contributed by atoms with van der Waals surface area (Å²) in [6, 6.07) is 24.1. The average molecular weight is 411 g/mol. The first kappa shape index (κ1) is 18.2. The third-order valence-corrected chi connectivity index (χ3v) is 7.10. The number of carbonyl (C=O) groups is 2. The van der Waals surface area contributed by atoms with Crippen LogP contribution in [0.5, 0.6) is 0 Å². The minimum atomic E-state index is -1.18. The van der Waals surface area contributed by atoms with E-state index in [1.165, 1.54) is 4.90 Å². The molecule has 1 heterocycles. The number of carboxylic acid groups (broad SMARTS) is 1. The monoisotopic (exact) mass is 411 g/mol. The van der Waals surface area contributed by atoms with Crippen LogP contribution in [0, 0.1) is 0 Å². The van der Waals surface area contributed by atoms with Crippen molar-refractivity contribution < 1.29 is 19.4 Å². The van der Waals surface area contributed by atoms with Gasteiger partial charge < -0.3 is 9.84 Å². The molecule has 3 aliphatic rings. The fraction of sp³-hybridized carbons (Fsp3) is 0.231. The molecule has 3 aromatic carbocycles. The highest BCUT2D eigenvalue weighted by Gasteiger charge is 2.69. The highest BCUT2D eigenvalue weighted by Crippen LogP contribution is 2.60. The van der Waals surface area contributed by atoms with Crippen molar-refractivity contribution in [3.8, 4) is 11.1 Å². The molecule has 5 heteroatoms. The molecule has 1 fully saturated rings. The number of aliphatic carboxylic acids is 1. The number of benzene rings is 3. The van der Waals surface area contributed by atoms with Gasteiger partial charge in [-0.15, -0.1) is 0 Å². The van der Waals surface area contributed by atoms with Crippen LogP contribution in [0.3, 0.4) is 0 Å². The van der Waals surface area contributed by atoms with E-state index in [-0.39, 0.29) is 25.0 Å². The minimum absolute atomic E-state index is 0.0517. The van der Waals surface area contributed by atoms with E-state index in [0.717, 1.165) is 33.4 Å². The molecule has 31 heavy (non-hydrogen) atoms. The van der Waals surface area contributed by atoms with Crippen molar-refractivity contribution in [2.24, 2.45) is 0 Å². The number of fused-ring (bicyclic) bond motifs is 6. The SMILES string of the molecule is O=C(OCC1c2ccccc2-c2ccccc21)N1Cc2ccccc2C2CC21C(=O)O. The molecular weight excluding hydrogens is 390 g/mol. The Bertz CT molecular complexity index is 1190. The Kier molecular flexibility index (Phi) is 3.78. The summed E-state index contributed by atoms with van der Waals surface area (Å²) in [5.74, 6) is -1.18. The van der Waals surface area contributed by atoms with Crippen molar-refractivity contribution in [2.75, 3.05) is 6.61 Å². The van der Waals surface area contributed by atoms with Crippen LogP contribution >= 0.6 is 0 Å². The van der Waals surface area contributed by atoms with Crippen LogP contribution < -0.4 is 0 Å². The van der Waals surface area contributed by atoms with Crippen molar-refractivity contribution in [3.63, 3.8) is 0 Å². The summed E-state index contributed by atoms with van der Waals surface area (Å²) in [5, 5.41) is 9.97. The molecule has 1 saturated carbocycles. The van der Waals surface area contributed by atoms with Gasteiger partial charge >= 0.3 is 12.1 Å². The lowest BCUT2D eigenvalue weighted by atomic mass is 9.94. The number of rotatable bonds is 3. The Morgan fingerprint density at radius 1 is 0.903 bits per heavy atom. The predicted octanol–water partition coefficient (Wildman–Crippen LogP) is 4.76. The number of carboxylic acids is 1. The van der Waals surface area contributed by atoms with E-state index in [1.54, 1.807) is 0 Å². The summed E-state index contributed by atoms with van der Waals surface area (Å²) in [4.78, 5) is 26.8. The topological polar surface area (TPSA) is 66.8 Å². The third kappa shape index (κ3) is 2.49. The second-order valence-corrected chi connectivity index (χ2v) is 8.58. The van der Waals surface area contributed by atoms with Crippen LogP contribution in [-0.2, 0) is 16.1 Å². The number of amides is 1. The maximum absolute atomic E-state index is 13.2. The lowest BCUT2D eigenvalue weighted by molar-refractivity contribution is -0.145. The average Bonchev–Trinajstić information content (AvgIpc) is 3.50. The highest BCUT2D eigenvalue weighted by atomic mass is 16.6. The van der Waals surface area contributed by atoms with Gasteiger partial charge in [-0.1, -0.05) is 72.8 Å². The zero-order chi connectivity index (χ0) is 21.2. The standard InChI is InChI=1S/C26H21NO4/c28-24(29)26-13-23(26)17-8-2-1-7-16(17)14-27(26)25(30)31-15-22-20-11-5-3-9-18(20)19-10-4-6-12-21(19)22/h1-12,22-23H,13-15H2,(H,28,29). The van der Waals surface area contributed by atoms with Gasteiger partial charge in [0.25, 0.3) is 0 Å². The number of nitrogens with zero attached hydrogens (tertiary/aromatic N) is 1. The van der Waals surface area contributed by atoms with Gasteiger partial charge in [-0.05, 0) is 39.8 Å². The Morgan fingerprint density at radius 3 is 2.13 bits per heavy atom. The first-order valence-electron chi connectivity index (χ1n) is 10.5. The van der Waals surface area contributed by atoms with Crippen molar-refractivity contribution >= 4 is 12.1 Å². The van der Waals surface area contributed by atoms with Crippen LogP contribution in [0.1, 0.15) is 40.5 Å². The molecule has 3 aromatic rings. The maximum Gasteiger partial charge on any atom is 0.411 e. The van der Waals surface area contributed by atoms with E-state index in [1.807, 2.05) is 48.5 Å². The van der Waals surface area contributed by atoms with Crippen molar-refractivity contribution in [3.05, 3.63) is 95.1 Å². The van der Waals surface area contributed by atoms with Crippen molar-refractivity contribution in [2.45, 2.75) is 30.3 Å². The summed E-state index contributed by atoms with van der Waals surface area (Å²) in [6.45, 7) is 0.445. The van der Waals surface area contributed by atoms with Gasteiger partial charge in [0.05, 0.1) is 6.54 Å². The van der Waals surface area contributed by atoms with E-state index in [9.17, 15) is 14.7 Å². The Hall–Kier alpha value is -3.60. The molecule has 2 unspecified atom stereocenters. The molecule has 0 radical (unpaired) electrons. The number of ether oxygens (including phenoxy) is 1. The van der Waals surface area contributed by atoms with E-state index in [4.69, 9.17) is 4.74 Å². The molecule has 5 nitrogen and oxygen atoms in total. The highest BCUT2D eigenvalue weighted by molar-refractivity contribution is 5.91. The molecule has 154 valence electrons. The van der Waals surface area contributed by atoms with Gasteiger partial charge in [-0.2, -0.15) is 0 Å². The number of hydrogen-bond donors (Lipinski definition) is 1. The van der Waals surface area contributed by atoms with Crippen LogP contribution in [0.25, 0.3) is 11.1 Å². The maximum atomic E-state index is 13.2. The quantitative estimate of drug-likeness (QED) is 0.675. The molecule has 1 amide bonds. The van der Waals surface area contributed by atoms with Crippen LogP contribution in [0.4, 0.5) is 4.79 Å². The zero-order valence-electron chi connectivity index (χ0n) is 16.8. The molecule has 6 rings (SSSR count). The van der Waals surface area contributed by atoms with Crippen LogP contribution in [-0.4, -0.2) is 34.2 Å². The summed E-state index contributed by atoms with van der Waals surface area (Å²) < 4.78 is 5.79. The Morgan fingerprint density at radius 2 is 1.48 bits per heavy atom. The predicted molar refractivity (Wildman–Crippen MR) is 115 cm³/mol. The summed E-state index contributed by atoms with van der Waals surface area (Å²) in [7, 11) is 0. The molecule has 1 N–H and O–H groups in total. The lowest BCUT2D eigenvalue weighted by Crippen LogP contribution is -2.50. The lowest BCUT2D eigenvalue weighted by Gasteiger charge is -2.34. The van der Waals surface area contributed by atoms with Crippen molar-refractivity contribution in [1.29, 1.82) is 0 Å². The normalized spacial score (nSPS) is 22.7. The summed E-state index contributed by atoms with van der Waals surface area (Å²) in [6.07, 6.45) is -0.120. The first-order valence-corrected chi connectivity index (χ1v) is 10.5. The number of hydrogen-bond acceptors (Lipinski definition) is 3. The van der Waals surface area contributed by atoms with Gasteiger partial charge in [0, 0.05) is 11.8 Å². The van der Waals surface area contributed by atoms with Gasteiger partial charge in [0.15, 0.2) is 5.54 Å². The van der Waals surface area contributed by atoms with Gasteiger partial charge in [-0.3, -0.25) is 4.90 Å². The van der Waals surface area contributed by atoms with E-state index in [0.29, 0.717) is 6.42 Å². The summed E-state index contributed by atoms with van der Waals surface area (Å²) >= 11 is 0. The number of carbonyl (C=O) groups excluding carboxylic acids is 1. The molecule has 2 aliphatic carbocycles. The van der Waals surface area contributed by atoms with Crippen LogP contribution in [0.2, 0.25) is 0 Å². The fourth-order valence-electron chi connectivity index (χ4n) is 5.50. The van der Waals surface area contributed by atoms with E-state index in [2.05, 4.69) is 24.3 Å². The molecule has 0 saturated heterocycles. The Balaban J connectivity index is 1.28. The smallest absolute Gasteiger partial charge is 0.411 e. The zero-order valence-corrected chi connectivity index (χ0v) is 16.8. The fourth-order valence-corrected chi connectivity index (χ4v) is 5.50.